The molecule has 2 rings (SSSR count). The molecule has 0 saturated carbocycles. The molecule has 4 heteroatoms. The van der Waals surface area contributed by atoms with Crippen molar-refractivity contribution in [3.63, 3.8) is 0 Å². The van der Waals surface area contributed by atoms with Gasteiger partial charge >= 0.3 is 0 Å². The Morgan fingerprint density at radius 1 is 1.29 bits per heavy atom. The topological polar surface area (TPSA) is 40.5 Å². The van der Waals surface area contributed by atoms with E-state index in [1.807, 2.05) is 29.7 Å². The third kappa shape index (κ3) is 1.65. The average molecular weight is 233 g/mol. The number of ether oxygens (including phenoxy) is 2. The van der Waals surface area contributed by atoms with E-state index in [1.165, 1.54) is 0 Å². The monoisotopic (exact) mass is 233 g/mol. The van der Waals surface area contributed by atoms with Crippen LogP contribution in [0.25, 0.3) is 10.9 Å². The number of nitrogens with zero attached hydrogens (tertiary/aromatic N) is 1. The molecule has 1 aromatic heterocycles. The van der Waals surface area contributed by atoms with Crippen molar-refractivity contribution in [2.45, 2.75) is 13.5 Å². The Hall–Kier alpha value is -1.97. The molecule has 0 saturated heterocycles. The molecule has 0 atom stereocenters. The Morgan fingerprint density at radius 2 is 2.06 bits per heavy atom. The Morgan fingerprint density at radius 3 is 2.59 bits per heavy atom. The molecule has 0 unspecified atom stereocenters. The third-order valence-electron chi connectivity index (χ3n) is 2.87. The SMILES string of the molecule is CCn1c(C=O)cc2ccc(OC)c(OC)c21. The van der Waals surface area contributed by atoms with Gasteiger partial charge < -0.3 is 14.0 Å². The molecular weight excluding hydrogens is 218 g/mol. The molecule has 0 bridgehead atoms. The van der Waals surface area contributed by atoms with Gasteiger partial charge in [-0.1, -0.05) is 0 Å². The van der Waals surface area contributed by atoms with Crippen LogP contribution in [0.2, 0.25) is 0 Å². The fraction of sp³-hybridized carbons (Fsp3) is 0.308. The van der Waals surface area contributed by atoms with Gasteiger partial charge in [0.05, 0.1) is 25.4 Å². The highest BCUT2D eigenvalue weighted by molar-refractivity contribution is 5.94. The fourth-order valence-electron chi connectivity index (χ4n) is 2.13. The molecule has 0 aliphatic heterocycles. The van der Waals surface area contributed by atoms with Gasteiger partial charge in [0.25, 0.3) is 0 Å². The van der Waals surface area contributed by atoms with Crippen LogP contribution in [0, 0.1) is 0 Å². The standard InChI is InChI=1S/C13H15NO3/c1-4-14-10(8-15)7-9-5-6-11(16-2)13(17-3)12(9)14/h5-8H,4H2,1-3H3. The van der Waals surface area contributed by atoms with Crippen molar-refractivity contribution >= 4 is 17.2 Å². The highest BCUT2D eigenvalue weighted by Crippen LogP contribution is 2.36. The summed E-state index contributed by atoms with van der Waals surface area (Å²) in [5.74, 6) is 1.34. The number of carbonyl (C=O) groups excluding carboxylic acids is 1. The molecule has 0 radical (unpaired) electrons. The first-order valence-electron chi connectivity index (χ1n) is 5.46. The molecule has 0 aliphatic carbocycles. The zero-order valence-corrected chi connectivity index (χ0v) is 10.2. The smallest absolute Gasteiger partial charge is 0.185 e. The molecule has 0 spiro atoms. The summed E-state index contributed by atoms with van der Waals surface area (Å²) >= 11 is 0. The normalized spacial score (nSPS) is 10.5. The van der Waals surface area contributed by atoms with Crippen LogP contribution in [-0.2, 0) is 6.54 Å². The second-order valence-electron chi connectivity index (χ2n) is 3.67. The number of methoxy groups -OCH3 is 2. The Bertz CT molecular complexity index is 557. The minimum absolute atomic E-state index is 0.647. The first kappa shape index (κ1) is 11.5. The van der Waals surface area contributed by atoms with Gasteiger partial charge in [-0.2, -0.15) is 0 Å². The van der Waals surface area contributed by atoms with E-state index in [2.05, 4.69) is 0 Å². The zero-order valence-electron chi connectivity index (χ0n) is 10.2. The van der Waals surface area contributed by atoms with Crippen LogP contribution < -0.4 is 9.47 Å². The van der Waals surface area contributed by atoms with Gasteiger partial charge in [0.1, 0.15) is 0 Å². The number of hydrogen-bond acceptors (Lipinski definition) is 3. The van der Waals surface area contributed by atoms with Crippen molar-refractivity contribution in [2.24, 2.45) is 0 Å². The van der Waals surface area contributed by atoms with Gasteiger partial charge in [-0.3, -0.25) is 4.79 Å². The summed E-state index contributed by atoms with van der Waals surface area (Å²) < 4.78 is 12.6. The lowest BCUT2D eigenvalue weighted by Gasteiger charge is -2.11. The van der Waals surface area contributed by atoms with Crippen molar-refractivity contribution in [1.82, 2.24) is 4.57 Å². The molecule has 0 N–H and O–H groups in total. The predicted molar refractivity (Wildman–Crippen MR) is 66.1 cm³/mol. The van der Waals surface area contributed by atoms with E-state index < -0.39 is 0 Å². The van der Waals surface area contributed by atoms with Crippen molar-refractivity contribution in [1.29, 1.82) is 0 Å². The number of aryl methyl sites for hydroxylation is 1. The largest absolute Gasteiger partial charge is 0.493 e. The Labute approximate surface area is 99.7 Å². The minimum atomic E-state index is 0.647. The molecular formula is C13H15NO3. The Balaban J connectivity index is 2.85. The van der Waals surface area contributed by atoms with Gasteiger partial charge in [0.2, 0.25) is 0 Å². The molecule has 4 nitrogen and oxygen atoms in total. The van der Waals surface area contributed by atoms with Crippen LogP contribution in [0.4, 0.5) is 0 Å². The van der Waals surface area contributed by atoms with Gasteiger partial charge in [0.15, 0.2) is 17.8 Å². The fourth-order valence-corrected chi connectivity index (χ4v) is 2.13. The third-order valence-corrected chi connectivity index (χ3v) is 2.87. The molecule has 1 aromatic carbocycles. The maximum atomic E-state index is 11.0. The van der Waals surface area contributed by atoms with E-state index in [1.54, 1.807) is 14.2 Å². The quantitative estimate of drug-likeness (QED) is 0.762. The Kier molecular flexibility index (Phi) is 3.04. The maximum Gasteiger partial charge on any atom is 0.185 e. The number of fused-ring (bicyclic) bond motifs is 1. The molecule has 0 amide bonds. The number of rotatable bonds is 4. The first-order chi connectivity index (χ1) is 8.26. The molecule has 17 heavy (non-hydrogen) atoms. The summed E-state index contributed by atoms with van der Waals surface area (Å²) in [7, 11) is 3.20. The van der Waals surface area contributed by atoms with E-state index in [0.717, 1.165) is 17.2 Å². The first-order valence-corrected chi connectivity index (χ1v) is 5.46. The molecule has 0 aliphatic rings. The van der Waals surface area contributed by atoms with Crippen molar-refractivity contribution in [3.8, 4) is 11.5 Å². The lowest BCUT2D eigenvalue weighted by Crippen LogP contribution is -2.01. The number of benzene rings is 1. The highest BCUT2D eigenvalue weighted by Gasteiger charge is 2.15. The minimum Gasteiger partial charge on any atom is -0.493 e. The second kappa shape index (κ2) is 4.49. The van der Waals surface area contributed by atoms with Gasteiger partial charge in [0, 0.05) is 11.9 Å². The number of carbonyl (C=O) groups is 1. The zero-order chi connectivity index (χ0) is 12.4. The van der Waals surface area contributed by atoms with E-state index >= 15 is 0 Å². The van der Waals surface area contributed by atoms with E-state index in [-0.39, 0.29) is 0 Å². The van der Waals surface area contributed by atoms with Crippen molar-refractivity contribution < 1.29 is 14.3 Å². The van der Waals surface area contributed by atoms with Crippen LogP contribution >= 0.6 is 0 Å². The average Bonchev–Trinajstić information content (AvgIpc) is 2.74. The summed E-state index contributed by atoms with van der Waals surface area (Å²) in [5, 5.41) is 0.978. The number of aldehydes is 1. The van der Waals surface area contributed by atoms with Gasteiger partial charge in [-0.25, -0.2) is 0 Å². The number of aromatic nitrogens is 1. The summed E-state index contributed by atoms with van der Waals surface area (Å²) in [5.41, 5.74) is 1.55. The lowest BCUT2D eigenvalue weighted by molar-refractivity contribution is 0.111. The van der Waals surface area contributed by atoms with Gasteiger partial charge in [-0.05, 0) is 25.1 Å². The maximum absolute atomic E-state index is 11.0. The van der Waals surface area contributed by atoms with Crippen molar-refractivity contribution in [2.75, 3.05) is 14.2 Å². The van der Waals surface area contributed by atoms with E-state index in [4.69, 9.17) is 9.47 Å². The van der Waals surface area contributed by atoms with E-state index in [9.17, 15) is 4.79 Å². The molecule has 90 valence electrons. The van der Waals surface area contributed by atoms with Crippen LogP contribution in [0.15, 0.2) is 18.2 Å². The van der Waals surface area contributed by atoms with Crippen LogP contribution in [0.1, 0.15) is 17.4 Å². The second-order valence-corrected chi connectivity index (χ2v) is 3.67. The van der Waals surface area contributed by atoms with E-state index in [0.29, 0.717) is 23.7 Å². The molecule has 2 aromatic rings. The van der Waals surface area contributed by atoms with Crippen LogP contribution in [-0.4, -0.2) is 25.1 Å². The summed E-state index contributed by atoms with van der Waals surface area (Å²) in [6.45, 7) is 2.70. The highest BCUT2D eigenvalue weighted by atomic mass is 16.5. The van der Waals surface area contributed by atoms with Gasteiger partial charge in [-0.15, -0.1) is 0 Å². The lowest BCUT2D eigenvalue weighted by atomic mass is 10.2. The summed E-state index contributed by atoms with van der Waals surface area (Å²) in [6.07, 6.45) is 0.857. The summed E-state index contributed by atoms with van der Waals surface area (Å²) in [4.78, 5) is 11.0. The van der Waals surface area contributed by atoms with Crippen LogP contribution in [0.5, 0.6) is 11.5 Å². The summed E-state index contributed by atoms with van der Waals surface area (Å²) in [6, 6.07) is 5.62. The van der Waals surface area contributed by atoms with Crippen LogP contribution in [0.3, 0.4) is 0 Å². The number of hydrogen-bond donors (Lipinski definition) is 0. The predicted octanol–water partition coefficient (Wildman–Crippen LogP) is 2.49. The molecule has 1 heterocycles. The molecule has 0 fully saturated rings. The van der Waals surface area contributed by atoms with Crippen molar-refractivity contribution in [3.05, 3.63) is 23.9 Å².